The molecule has 0 bridgehead atoms. The van der Waals surface area contributed by atoms with Crippen molar-refractivity contribution in [2.24, 2.45) is 0 Å². The third kappa shape index (κ3) is 5.50. The summed E-state index contributed by atoms with van der Waals surface area (Å²) >= 11 is 0. The Morgan fingerprint density at radius 3 is 2.40 bits per heavy atom. The molecule has 8 heteroatoms. The zero-order valence-corrected chi connectivity index (χ0v) is 17.8. The van der Waals surface area contributed by atoms with E-state index < -0.39 is 24.0 Å². The molecule has 0 aliphatic heterocycles. The van der Waals surface area contributed by atoms with Gasteiger partial charge in [0.2, 0.25) is 0 Å². The quantitative estimate of drug-likeness (QED) is 0.502. The smallest absolute Gasteiger partial charge is 0.271 e. The van der Waals surface area contributed by atoms with Crippen molar-refractivity contribution in [1.82, 2.24) is 4.98 Å². The van der Waals surface area contributed by atoms with Crippen LogP contribution in [0.25, 0.3) is 0 Å². The largest absolute Gasteiger partial charge is 0.484 e. The number of aromatic nitrogens is 1. The van der Waals surface area contributed by atoms with Crippen molar-refractivity contribution in [2.75, 3.05) is 12.9 Å². The normalized spacial score (nSPS) is 17.4. The van der Waals surface area contributed by atoms with Gasteiger partial charge >= 0.3 is 0 Å². The van der Waals surface area contributed by atoms with Crippen molar-refractivity contribution in [2.45, 2.75) is 64.0 Å². The van der Waals surface area contributed by atoms with Gasteiger partial charge in [-0.05, 0) is 42.6 Å². The van der Waals surface area contributed by atoms with Gasteiger partial charge in [0.05, 0.1) is 19.9 Å². The molecule has 1 heterocycles. The molecule has 142 valence electrons. The number of nitrogens with zero attached hydrogens (tertiary/aromatic N) is 1. The molecule has 0 atom stereocenters. The van der Waals surface area contributed by atoms with E-state index in [9.17, 15) is 8.42 Å². The Morgan fingerprint density at radius 2 is 1.88 bits per heavy atom. The average molecular weight is 388 g/mol. The van der Waals surface area contributed by atoms with Gasteiger partial charge in [0.15, 0.2) is 8.32 Å². The number of hydrogen-bond acceptors (Lipinski definition) is 6. The van der Waals surface area contributed by atoms with Crippen molar-refractivity contribution < 1.29 is 21.8 Å². The van der Waals surface area contributed by atoms with Crippen LogP contribution in [0.1, 0.15) is 39.2 Å². The summed E-state index contributed by atoms with van der Waals surface area (Å²) in [4.78, 5) is 4.21. The van der Waals surface area contributed by atoms with Crippen LogP contribution in [0.2, 0.25) is 18.1 Å². The van der Waals surface area contributed by atoms with E-state index >= 15 is 0 Å². The van der Waals surface area contributed by atoms with Crippen molar-refractivity contribution in [3.05, 3.63) is 24.0 Å². The monoisotopic (exact) mass is 387 g/mol. The summed E-state index contributed by atoms with van der Waals surface area (Å²) in [6.45, 7) is 11.5. The standard InChI is InChI=1S/C17H29NO5SSi/c1-16(2,3)25(5,6)22-12-14-9-15(11-18-10-14)23-17(7-8-17)13-24(19,20)21-4/h9-11H,7-8,12-13H2,1-6H3. The summed E-state index contributed by atoms with van der Waals surface area (Å²) in [5.74, 6) is 0.432. The summed E-state index contributed by atoms with van der Waals surface area (Å²) in [6.07, 6.45) is 4.75. The van der Waals surface area contributed by atoms with Crippen LogP contribution in [-0.4, -0.2) is 40.2 Å². The van der Waals surface area contributed by atoms with Crippen molar-refractivity contribution >= 4 is 18.4 Å². The molecule has 0 N–H and O–H groups in total. The van der Waals surface area contributed by atoms with Crippen molar-refractivity contribution in [1.29, 1.82) is 0 Å². The maximum atomic E-state index is 11.7. The average Bonchev–Trinajstić information content (AvgIpc) is 3.23. The molecule has 0 spiro atoms. The lowest BCUT2D eigenvalue weighted by Gasteiger charge is -2.36. The topological polar surface area (TPSA) is 74.7 Å². The highest BCUT2D eigenvalue weighted by molar-refractivity contribution is 7.86. The highest BCUT2D eigenvalue weighted by atomic mass is 32.2. The summed E-state index contributed by atoms with van der Waals surface area (Å²) in [6, 6.07) is 1.87. The van der Waals surface area contributed by atoms with Gasteiger partial charge in [0, 0.05) is 6.20 Å². The molecule has 1 aliphatic carbocycles. The Bertz CT molecular complexity index is 708. The number of pyridine rings is 1. The van der Waals surface area contributed by atoms with Gasteiger partial charge in [-0.25, -0.2) is 0 Å². The Labute approximate surface area is 152 Å². The fourth-order valence-corrected chi connectivity index (χ4v) is 4.20. The van der Waals surface area contributed by atoms with E-state index in [1.165, 1.54) is 7.11 Å². The van der Waals surface area contributed by atoms with Gasteiger partial charge in [-0.1, -0.05) is 20.8 Å². The minimum absolute atomic E-state index is 0.138. The van der Waals surface area contributed by atoms with Crippen LogP contribution in [0, 0.1) is 0 Å². The molecule has 0 unspecified atom stereocenters. The zero-order valence-electron chi connectivity index (χ0n) is 16.0. The third-order valence-corrected chi connectivity index (χ3v) is 10.9. The summed E-state index contributed by atoms with van der Waals surface area (Å²) in [7, 11) is -4.22. The highest BCUT2D eigenvalue weighted by Crippen LogP contribution is 2.42. The second-order valence-corrected chi connectivity index (χ2v) is 14.8. The lowest BCUT2D eigenvalue weighted by Crippen LogP contribution is -2.40. The molecule has 1 aliphatic rings. The molecule has 0 radical (unpaired) electrons. The molecular formula is C17H29NO5SSi. The van der Waals surface area contributed by atoms with Crippen molar-refractivity contribution in [3.63, 3.8) is 0 Å². The van der Waals surface area contributed by atoms with Gasteiger partial charge in [-0.15, -0.1) is 0 Å². The maximum Gasteiger partial charge on any atom is 0.271 e. The Hall–Kier alpha value is -0.963. The first kappa shape index (κ1) is 20.4. The van der Waals surface area contributed by atoms with Gasteiger partial charge in [0.25, 0.3) is 10.1 Å². The van der Waals surface area contributed by atoms with Crippen LogP contribution in [-0.2, 0) is 25.3 Å². The molecular weight excluding hydrogens is 358 g/mol. The summed E-state index contributed by atoms with van der Waals surface area (Å²) < 4.78 is 40.0. The van der Waals surface area contributed by atoms with Gasteiger partial charge in [0.1, 0.15) is 17.1 Å². The molecule has 2 rings (SSSR count). The second-order valence-electron chi connectivity index (χ2n) is 8.23. The Morgan fingerprint density at radius 1 is 1.24 bits per heavy atom. The minimum atomic E-state index is -3.56. The predicted molar refractivity (Wildman–Crippen MR) is 99.6 cm³/mol. The van der Waals surface area contributed by atoms with Crippen LogP contribution in [0.3, 0.4) is 0 Å². The minimum Gasteiger partial charge on any atom is -0.484 e. The SMILES string of the molecule is COS(=O)(=O)CC1(Oc2cncc(CO[Si](C)(C)C(C)(C)C)c2)CC1. The van der Waals surface area contributed by atoms with Crippen LogP contribution in [0.5, 0.6) is 5.75 Å². The second kappa shape index (κ2) is 6.98. The molecule has 1 saturated carbocycles. The van der Waals surface area contributed by atoms with Gasteiger partial charge < -0.3 is 9.16 Å². The summed E-state index contributed by atoms with van der Waals surface area (Å²) in [5.41, 5.74) is 0.239. The first-order chi connectivity index (χ1) is 11.4. The molecule has 6 nitrogen and oxygen atoms in total. The zero-order chi connectivity index (χ0) is 18.9. The Kier molecular flexibility index (Phi) is 5.68. The maximum absolute atomic E-state index is 11.7. The lowest BCUT2D eigenvalue weighted by atomic mass is 10.2. The predicted octanol–water partition coefficient (Wildman–Crippen LogP) is 3.49. The highest BCUT2D eigenvalue weighted by Gasteiger charge is 2.49. The number of hydrogen-bond donors (Lipinski definition) is 0. The third-order valence-electron chi connectivity index (χ3n) is 5.01. The number of rotatable bonds is 8. The van der Waals surface area contributed by atoms with E-state index in [1.54, 1.807) is 12.4 Å². The first-order valence-electron chi connectivity index (χ1n) is 8.43. The summed E-state index contributed by atoms with van der Waals surface area (Å²) in [5, 5.41) is 0.140. The van der Waals surface area contributed by atoms with E-state index in [4.69, 9.17) is 9.16 Å². The van der Waals surface area contributed by atoms with E-state index in [-0.39, 0.29) is 10.8 Å². The van der Waals surface area contributed by atoms with Crippen molar-refractivity contribution in [3.8, 4) is 5.75 Å². The molecule has 0 saturated heterocycles. The van der Waals surface area contributed by atoms with Crippen LogP contribution < -0.4 is 4.74 Å². The lowest BCUT2D eigenvalue weighted by molar-refractivity contribution is 0.197. The van der Waals surface area contributed by atoms with Crippen LogP contribution in [0.15, 0.2) is 18.5 Å². The van der Waals surface area contributed by atoms with E-state index in [2.05, 4.69) is 43.0 Å². The molecule has 1 aromatic rings. The van der Waals surface area contributed by atoms with E-state index in [0.29, 0.717) is 25.2 Å². The first-order valence-corrected chi connectivity index (χ1v) is 12.9. The Balaban J connectivity index is 2.03. The van der Waals surface area contributed by atoms with E-state index in [0.717, 1.165) is 5.56 Å². The fraction of sp³-hybridized carbons (Fsp3) is 0.706. The van der Waals surface area contributed by atoms with Gasteiger partial charge in [-0.2, -0.15) is 8.42 Å². The molecule has 0 aromatic carbocycles. The fourth-order valence-electron chi connectivity index (χ4n) is 2.13. The molecule has 0 amide bonds. The molecule has 25 heavy (non-hydrogen) atoms. The van der Waals surface area contributed by atoms with Crippen LogP contribution in [0.4, 0.5) is 0 Å². The molecule has 1 aromatic heterocycles. The van der Waals surface area contributed by atoms with E-state index in [1.807, 2.05) is 6.07 Å². The van der Waals surface area contributed by atoms with Crippen LogP contribution >= 0.6 is 0 Å². The number of ether oxygens (including phenoxy) is 1. The molecule has 1 fully saturated rings. The van der Waals surface area contributed by atoms with Gasteiger partial charge in [-0.3, -0.25) is 9.17 Å².